The van der Waals surface area contributed by atoms with Crippen LogP contribution in [0.5, 0.6) is 5.75 Å². The summed E-state index contributed by atoms with van der Waals surface area (Å²) in [5.74, 6) is 0.980. The topological polar surface area (TPSA) is 57.6 Å². The van der Waals surface area contributed by atoms with Crippen LogP contribution in [0.25, 0.3) is 21.7 Å². The van der Waals surface area contributed by atoms with Crippen molar-refractivity contribution in [2.24, 2.45) is 5.41 Å². The van der Waals surface area contributed by atoms with Crippen LogP contribution in [0.3, 0.4) is 0 Å². The van der Waals surface area contributed by atoms with Crippen LogP contribution >= 0.6 is 11.3 Å². The summed E-state index contributed by atoms with van der Waals surface area (Å²) in [5, 5.41) is 14.8. The zero-order valence-corrected chi connectivity index (χ0v) is 23.0. The summed E-state index contributed by atoms with van der Waals surface area (Å²) in [6.45, 7) is 10.4. The highest BCUT2D eigenvalue weighted by Crippen LogP contribution is 2.49. The average Bonchev–Trinajstić information content (AvgIpc) is 3.36. The lowest BCUT2D eigenvalue weighted by molar-refractivity contribution is -0.0994. The smallest absolute Gasteiger partial charge is 0.124 e. The van der Waals surface area contributed by atoms with Crippen LogP contribution in [-0.2, 0) is 13.0 Å². The normalized spacial score (nSPS) is 21.0. The van der Waals surface area contributed by atoms with Gasteiger partial charge in [-0.3, -0.25) is 0 Å². The number of piperidine rings is 1. The fourth-order valence-electron chi connectivity index (χ4n) is 6.42. The summed E-state index contributed by atoms with van der Waals surface area (Å²) in [4.78, 5) is 8.93. The highest BCUT2D eigenvalue weighted by Gasteiger charge is 2.47. The highest BCUT2D eigenvalue weighted by molar-refractivity contribution is 7.15. The van der Waals surface area contributed by atoms with E-state index in [0.29, 0.717) is 0 Å². The lowest BCUT2D eigenvalue weighted by Gasteiger charge is -2.51. The van der Waals surface area contributed by atoms with E-state index in [1.54, 1.807) is 0 Å². The Morgan fingerprint density at radius 3 is 2.54 bits per heavy atom. The summed E-state index contributed by atoms with van der Waals surface area (Å²) < 4.78 is 6.31. The molecule has 1 aromatic heterocycles. The van der Waals surface area contributed by atoms with Gasteiger partial charge >= 0.3 is 0 Å². The third-order valence-electron chi connectivity index (χ3n) is 9.09. The van der Waals surface area contributed by atoms with Gasteiger partial charge in [-0.15, -0.1) is 11.3 Å². The maximum Gasteiger partial charge on any atom is 0.124 e. The van der Waals surface area contributed by atoms with Gasteiger partial charge < -0.3 is 20.1 Å². The van der Waals surface area contributed by atoms with Crippen LogP contribution in [0.1, 0.15) is 53.8 Å². The predicted molar refractivity (Wildman–Crippen MR) is 151 cm³/mol. The maximum absolute atomic E-state index is 10.2. The maximum atomic E-state index is 10.2. The number of hydrogen-bond acceptors (Lipinski definition) is 6. The number of aliphatic hydroxyl groups excluding tert-OH is 1. The number of nitrogens with zero attached hydrogens (tertiary/aromatic N) is 2. The highest BCUT2D eigenvalue weighted by atomic mass is 32.1. The summed E-state index contributed by atoms with van der Waals surface area (Å²) in [6, 6.07) is 13.0. The zero-order chi connectivity index (χ0) is 25.4. The van der Waals surface area contributed by atoms with Gasteiger partial charge in [0.15, 0.2) is 0 Å². The van der Waals surface area contributed by atoms with Gasteiger partial charge in [0, 0.05) is 36.5 Å². The number of hydrogen-bond donors (Lipinski definition) is 2. The number of nitrogens with one attached hydrogen (secondary N) is 1. The van der Waals surface area contributed by atoms with Gasteiger partial charge in [0.1, 0.15) is 10.8 Å². The van der Waals surface area contributed by atoms with Gasteiger partial charge in [-0.05, 0) is 92.8 Å². The molecule has 3 aromatic rings. The number of rotatable bonds is 7. The molecule has 0 radical (unpaired) electrons. The average molecular weight is 518 g/mol. The molecule has 1 aliphatic carbocycles. The van der Waals surface area contributed by atoms with E-state index in [0.717, 1.165) is 82.2 Å². The van der Waals surface area contributed by atoms with Crippen LogP contribution < -0.4 is 10.1 Å². The Balaban J connectivity index is 1.10. The molecule has 2 N–H and O–H groups in total. The SMILES string of the molecule is Cc1c(OCCCN2CCC3(CCC3O)CC2)cccc1-c1cccc(-c2nc3c(s2)CNCC3)c1C. The Bertz CT molecular complexity index is 1240. The Labute approximate surface area is 224 Å². The molecule has 1 saturated carbocycles. The third-order valence-corrected chi connectivity index (χ3v) is 10.2. The van der Waals surface area contributed by atoms with E-state index in [-0.39, 0.29) is 11.5 Å². The van der Waals surface area contributed by atoms with Crippen molar-refractivity contribution < 1.29 is 9.84 Å². The molecule has 2 aromatic carbocycles. The molecule has 1 unspecified atom stereocenters. The molecule has 3 heterocycles. The molecule has 2 fully saturated rings. The van der Waals surface area contributed by atoms with Gasteiger partial charge in [0.05, 0.1) is 18.4 Å². The Morgan fingerprint density at radius 1 is 1.05 bits per heavy atom. The van der Waals surface area contributed by atoms with E-state index >= 15 is 0 Å². The van der Waals surface area contributed by atoms with Crippen LogP contribution in [0.2, 0.25) is 0 Å². The quantitative estimate of drug-likeness (QED) is 0.391. The zero-order valence-electron chi connectivity index (χ0n) is 22.2. The lowest BCUT2D eigenvalue weighted by atomic mass is 9.61. The van der Waals surface area contributed by atoms with E-state index in [4.69, 9.17) is 9.72 Å². The van der Waals surface area contributed by atoms with E-state index in [1.165, 1.54) is 44.8 Å². The van der Waals surface area contributed by atoms with Gasteiger partial charge in [0.25, 0.3) is 0 Å². The number of aliphatic hydroxyl groups is 1. The predicted octanol–water partition coefficient (Wildman–Crippen LogP) is 5.75. The number of ether oxygens (including phenoxy) is 1. The van der Waals surface area contributed by atoms with E-state index in [2.05, 4.69) is 60.5 Å². The fourth-order valence-corrected chi connectivity index (χ4v) is 7.58. The minimum atomic E-state index is -0.0539. The van der Waals surface area contributed by atoms with E-state index in [9.17, 15) is 5.11 Å². The van der Waals surface area contributed by atoms with Crippen molar-refractivity contribution in [1.29, 1.82) is 0 Å². The molecule has 0 bridgehead atoms. The molecular weight excluding hydrogens is 478 g/mol. The molecular formula is C31H39N3O2S. The second kappa shape index (κ2) is 10.5. The van der Waals surface area contributed by atoms with Crippen molar-refractivity contribution in [1.82, 2.24) is 15.2 Å². The molecule has 3 aliphatic rings. The molecule has 1 atom stereocenters. The second-order valence-corrected chi connectivity index (χ2v) is 12.3. The number of thiazole rings is 1. The van der Waals surface area contributed by atoms with Crippen molar-refractivity contribution >= 4 is 11.3 Å². The summed E-state index contributed by atoms with van der Waals surface area (Å²) in [6.07, 6.45) is 6.50. The Morgan fingerprint density at radius 2 is 1.81 bits per heavy atom. The number of likely N-dealkylation sites (tertiary alicyclic amines) is 1. The summed E-state index contributed by atoms with van der Waals surface area (Å²) in [5.41, 5.74) is 7.72. The molecule has 2 aliphatic heterocycles. The summed E-state index contributed by atoms with van der Waals surface area (Å²) >= 11 is 1.83. The van der Waals surface area contributed by atoms with Crippen molar-refractivity contribution in [2.75, 3.05) is 32.8 Å². The first-order valence-corrected chi connectivity index (χ1v) is 14.8. The van der Waals surface area contributed by atoms with Crippen LogP contribution in [0.15, 0.2) is 36.4 Å². The van der Waals surface area contributed by atoms with Gasteiger partial charge in [-0.2, -0.15) is 0 Å². The molecule has 196 valence electrons. The van der Waals surface area contributed by atoms with Crippen molar-refractivity contribution in [3.05, 3.63) is 58.1 Å². The first-order valence-electron chi connectivity index (χ1n) is 14.0. The Kier molecular flexibility index (Phi) is 7.10. The van der Waals surface area contributed by atoms with Crippen LogP contribution in [-0.4, -0.2) is 53.9 Å². The number of aromatic nitrogens is 1. The fraction of sp³-hybridized carbons (Fsp3) is 0.516. The lowest BCUT2D eigenvalue weighted by Crippen LogP contribution is -2.52. The summed E-state index contributed by atoms with van der Waals surface area (Å²) in [7, 11) is 0. The minimum absolute atomic E-state index is 0.0539. The largest absolute Gasteiger partial charge is 0.493 e. The third kappa shape index (κ3) is 4.85. The standard InChI is InChI=1S/C31H39N3O2S/c1-21-23(6-3-8-25(21)30-33-26-11-15-32-20-28(26)37-30)24-7-4-9-27(22(24)2)36-19-5-16-34-17-13-31(14-18-34)12-10-29(31)35/h3-4,6-9,29,32,35H,5,10-20H2,1-2H3. The van der Waals surface area contributed by atoms with Crippen LogP contribution in [0, 0.1) is 19.3 Å². The van der Waals surface area contributed by atoms with E-state index < -0.39 is 0 Å². The molecule has 5 nitrogen and oxygen atoms in total. The molecule has 6 rings (SSSR count). The monoisotopic (exact) mass is 517 g/mol. The molecule has 0 amide bonds. The first-order chi connectivity index (χ1) is 18.0. The van der Waals surface area contributed by atoms with E-state index in [1.807, 2.05) is 11.3 Å². The minimum Gasteiger partial charge on any atom is -0.493 e. The molecule has 1 spiro atoms. The first kappa shape index (κ1) is 25.1. The second-order valence-electron chi connectivity index (χ2n) is 11.2. The van der Waals surface area contributed by atoms with Crippen molar-refractivity contribution in [3.8, 4) is 27.4 Å². The van der Waals surface area contributed by atoms with Gasteiger partial charge in [-0.1, -0.05) is 30.3 Å². The molecule has 1 saturated heterocycles. The molecule has 6 heteroatoms. The Hall–Kier alpha value is -2.25. The van der Waals surface area contributed by atoms with Crippen molar-refractivity contribution in [2.45, 2.75) is 65.0 Å². The number of fused-ring (bicyclic) bond motifs is 1. The van der Waals surface area contributed by atoms with Crippen molar-refractivity contribution in [3.63, 3.8) is 0 Å². The van der Waals surface area contributed by atoms with Gasteiger partial charge in [-0.25, -0.2) is 4.98 Å². The number of benzene rings is 2. The van der Waals surface area contributed by atoms with Crippen LogP contribution in [0.4, 0.5) is 0 Å². The van der Waals surface area contributed by atoms with Gasteiger partial charge in [0.2, 0.25) is 0 Å². The molecule has 37 heavy (non-hydrogen) atoms.